The fraction of sp³-hybridized carbons (Fsp3) is 0.235. The molecule has 1 amide bonds. The molecule has 2 aromatic carbocycles. The quantitative estimate of drug-likeness (QED) is 0.879. The Bertz CT molecular complexity index is 617. The van der Waals surface area contributed by atoms with E-state index < -0.39 is 0 Å². The van der Waals surface area contributed by atoms with E-state index in [1.807, 2.05) is 63.2 Å². The van der Waals surface area contributed by atoms with Gasteiger partial charge in [-0.15, -0.1) is 0 Å². The lowest BCUT2D eigenvalue weighted by Gasteiger charge is -2.18. The largest absolute Gasteiger partial charge is 0.372 e. The van der Waals surface area contributed by atoms with Gasteiger partial charge >= 0.3 is 0 Å². The van der Waals surface area contributed by atoms with E-state index in [4.69, 9.17) is 11.6 Å². The minimum atomic E-state index is -0.384. The van der Waals surface area contributed by atoms with Crippen molar-refractivity contribution in [3.63, 3.8) is 0 Å². The number of anilines is 2. The lowest BCUT2D eigenvalue weighted by molar-refractivity contribution is -0.116. The summed E-state index contributed by atoms with van der Waals surface area (Å²) < 4.78 is 0. The van der Waals surface area contributed by atoms with E-state index in [-0.39, 0.29) is 11.9 Å². The lowest BCUT2D eigenvalue weighted by atomic mass is 10.1. The molecule has 3 nitrogen and oxygen atoms in total. The Labute approximate surface area is 130 Å². The van der Waals surface area contributed by atoms with E-state index in [9.17, 15) is 4.79 Å². The van der Waals surface area contributed by atoms with Gasteiger partial charge < -0.3 is 10.6 Å². The second-order valence-electron chi connectivity index (χ2n) is 5.15. The van der Waals surface area contributed by atoms with Crippen molar-refractivity contribution in [1.82, 2.24) is 0 Å². The summed E-state index contributed by atoms with van der Waals surface area (Å²) in [5.74, 6) is -0.0989. The molecule has 1 unspecified atom stereocenters. The van der Waals surface area contributed by atoms with Crippen molar-refractivity contribution in [2.24, 2.45) is 0 Å². The van der Waals surface area contributed by atoms with Crippen molar-refractivity contribution < 1.29 is 4.79 Å². The monoisotopic (exact) mass is 302 g/mol. The molecule has 0 saturated heterocycles. The van der Waals surface area contributed by atoms with Gasteiger partial charge in [-0.1, -0.05) is 41.4 Å². The molecule has 110 valence electrons. The maximum Gasteiger partial charge on any atom is 0.246 e. The Kier molecular flexibility index (Phi) is 4.86. The van der Waals surface area contributed by atoms with Crippen LogP contribution in [0.15, 0.2) is 42.5 Å². The topological polar surface area (TPSA) is 41.1 Å². The number of rotatable bonds is 4. The number of aryl methyl sites for hydroxylation is 2. The highest BCUT2D eigenvalue weighted by atomic mass is 35.5. The Balaban J connectivity index is 2.04. The van der Waals surface area contributed by atoms with E-state index >= 15 is 0 Å². The van der Waals surface area contributed by atoms with Gasteiger partial charge in [0.1, 0.15) is 6.04 Å². The van der Waals surface area contributed by atoms with Crippen LogP contribution in [0.3, 0.4) is 0 Å². The third kappa shape index (κ3) is 3.99. The summed E-state index contributed by atoms with van der Waals surface area (Å²) in [7, 11) is 0. The van der Waals surface area contributed by atoms with Crippen LogP contribution in [-0.4, -0.2) is 11.9 Å². The Morgan fingerprint density at radius 3 is 2.38 bits per heavy atom. The second kappa shape index (κ2) is 6.64. The van der Waals surface area contributed by atoms with Crippen molar-refractivity contribution >= 4 is 28.9 Å². The fourth-order valence-corrected chi connectivity index (χ4v) is 2.26. The van der Waals surface area contributed by atoms with Crippen molar-refractivity contribution in [2.45, 2.75) is 26.8 Å². The zero-order chi connectivity index (χ0) is 15.4. The van der Waals surface area contributed by atoms with Crippen LogP contribution in [0.1, 0.15) is 18.1 Å². The average Bonchev–Trinajstić information content (AvgIpc) is 2.45. The first kappa shape index (κ1) is 15.4. The standard InChI is InChI=1S/C17H19ClN2O/c1-11-7-9-14(10-8-11)20-17(21)13(3)19-16-12(2)5-4-6-15(16)18/h4-10,13,19H,1-3H3,(H,20,21). The Hall–Kier alpha value is -2.00. The highest BCUT2D eigenvalue weighted by Gasteiger charge is 2.15. The normalized spacial score (nSPS) is 11.8. The van der Waals surface area contributed by atoms with Crippen molar-refractivity contribution in [3.8, 4) is 0 Å². The molecule has 0 aliphatic carbocycles. The molecule has 0 aromatic heterocycles. The summed E-state index contributed by atoms with van der Waals surface area (Å²) in [5.41, 5.74) is 3.75. The van der Waals surface area contributed by atoms with Crippen LogP contribution in [0.5, 0.6) is 0 Å². The van der Waals surface area contributed by atoms with E-state index in [0.717, 1.165) is 22.5 Å². The van der Waals surface area contributed by atoms with Gasteiger partial charge in [-0.2, -0.15) is 0 Å². The predicted octanol–water partition coefficient (Wildman–Crippen LogP) is 4.40. The van der Waals surface area contributed by atoms with Crippen LogP contribution < -0.4 is 10.6 Å². The fourth-order valence-electron chi connectivity index (χ4n) is 1.98. The summed E-state index contributed by atoms with van der Waals surface area (Å²) in [6.07, 6.45) is 0. The average molecular weight is 303 g/mol. The van der Waals surface area contributed by atoms with Gasteiger partial charge in [0.25, 0.3) is 0 Å². The lowest BCUT2D eigenvalue weighted by Crippen LogP contribution is -2.32. The molecule has 4 heteroatoms. The first-order valence-corrected chi connectivity index (χ1v) is 7.24. The van der Waals surface area contributed by atoms with E-state index in [2.05, 4.69) is 10.6 Å². The Morgan fingerprint density at radius 2 is 1.76 bits per heavy atom. The molecule has 0 bridgehead atoms. The number of nitrogens with one attached hydrogen (secondary N) is 2. The van der Waals surface area contributed by atoms with Gasteiger partial charge in [0.05, 0.1) is 10.7 Å². The van der Waals surface area contributed by atoms with E-state index in [1.165, 1.54) is 0 Å². The number of carbonyl (C=O) groups is 1. The highest BCUT2D eigenvalue weighted by Crippen LogP contribution is 2.26. The molecule has 0 heterocycles. The summed E-state index contributed by atoms with van der Waals surface area (Å²) in [6, 6.07) is 13.0. The molecule has 0 saturated carbocycles. The molecule has 2 rings (SSSR count). The van der Waals surface area contributed by atoms with Gasteiger partial charge in [-0.05, 0) is 44.5 Å². The van der Waals surface area contributed by atoms with Crippen LogP contribution >= 0.6 is 11.6 Å². The minimum Gasteiger partial charge on any atom is -0.372 e. The van der Waals surface area contributed by atoms with Crippen LogP contribution in [0.2, 0.25) is 5.02 Å². The summed E-state index contributed by atoms with van der Waals surface area (Å²) >= 11 is 6.16. The molecule has 1 atom stereocenters. The number of halogens is 1. The van der Waals surface area contributed by atoms with Crippen molar-refractivity contribution in [3.05, 3.63) is 58.6 Å². The zero-order valence-electron chi connectivity index (χ0n) is 12.4. The number of carbonyl (C=O) groups excluding carboxylic acids is 1. The molecule has 0 aliphatic heterocycles. The first-order chi connectivity index (χ1) is 9.97. The molecule has 2 aromatic rings. The number of hydrogen-bond acceptors (Lipinski definition) is 2. The van der Waals surface area contributed by atoms with Crippen LogP contribution in [-0.2, 0) is 4.79 Å². The van der Waals surface area contributed by atoms with Gasteiger partial charge in [0.2, 0.25) is 5.91 Å². The van der Waals surface area contributed by atoms with Gasteiger partial charge in [0.15, 0.2) is 0 Å². The summed E-state index contributed by atoms with van der Waals surface area (Å²) in [4.78, 5) is 12.2. The van der Waals surface area contributed by atoms with Crippen LogP contribution in [0, 0.1) is 13.8 Å². The van der Waals surface area contributed by atoms with E-state index in [1.54, 1.807) is 0 Å². The van der Waals surface area contributed by atoms with Crippen molar-refractivity contribution in [2.75, 3.05) is 10.6 Å². The number of benzene rings is 2. The zero-order valence-corrected chi connectivity index (χ0v) is 13.2. The summed E-state index contributed by atoms with van der Waals surface area (Å²) in [5, 5.41) is 6.67. The van der Waals surface area contributed by atoms with Crippen LogP contribution in [0.25, 0.3) is 0 Å². The second-order valence-corrected chi connectivity index (χ2v) is 5.56. The predicted molar refractivity (Wildman–Crippen MR) is 89.1 cm³/mol. The number of para-hydroxylation sites is 1. The molecule has 0 aliphatic rings. The molecule has 0 radical (unpaired) electrons. The molecule has 0 fully saturated rings. The molecule has 2 N–H and O–H groups in total. The highest BCUT2D eigenvalue weighted by molar-refractivity contribution is 6.33. The first-order valence-electron chi connectivity index (χ1n) is 6.86. The molecule has 0 spiro atoms. The third-order valence-electron chi connectivity index (χ3n) is 3.30. The smallest absolute Gasteiger partial charge is 0.246 e. The number of hydrogen-bond donors (Lipinski definition) is 2. The maximum absolute atomic E-state index is 12.2. The Morgan fingerprint density at radius 1 is 1.10 bits per heavy atom. The van der Waals surface area contributed by atoms with Crippen LogP contribution in [0.4, 0.5) is 11.4 Å². The molecular weight excluding hydrogens is 284 g/mol. The van der Waals surface area contributed by atoms with Gasteiger partial charge in [-0.3, -0.25) is 4.79 Å². The SMILES string of the molecule is Cc1ccc(NC(=O)C(C)Nc2c(C)cccc2Cl)cc1. The minimum absolute atomic E-state index is 0.0989. The summed E-state index contributed by atoms with van der Waals surface area (Å²) in [6.45, 7) is 5.78. The molecule has 21 heavy (non-hydrogen) atoms. The van der Waals surface area contributed by atoms with Gasteiger partial charge in [-0.25, -0.2) is 0 Å². The molecular formula is C17H19ClN2O. The van der Waals surface area contributed by atoms with Gasteiger partial charge in [0, 0.05) is 5.69 Å². The van der Waals surface area contributed by atoms with E-state index in [0.29, 0.717) is 5.02 Å². The van der Waals surface area contributed by atoms with Crippen molar-refractivity contribution in [1.29, 1.82) is 0 Å². The third-order valence-corrected chi connectivity index (χ3v) is 3.61. The number of amides is 1. The maximum atomic E-state index is 12.2.